The second kappa shape index (κ2) is 7.81. The van der Waals surface area contributed by atoms with Crippen LogP contribution in [0.1, 0.15) is 56.2 Å². The summed E-state index contributed by atoms with van der Waals surface area (Å²) >= 11 is 0. The van der Waals surface area contributed by atoms with Crippen LogP contribution in [-0.2, 0) is 16.0 Å². The first-order valence-corrected chi connectivity index (χ1v) is 7.78. The van der Waals surface area contributed by atoms with E-state index in [1.54, 1.807) is 0 Å². The van der Waals surface area contributed by atoms with Gasteiger partial charge in [-0.3, -0.25) is 9.59 Å². The van der Waals surface area contributed by atoms with Crippen LogP contribution in [0.2, 0.25) is 0 Å². The molecule has 2 amide bonds. The molecule has 2 rings (SSSR count). The van der Waals surface area contributed by atoms with E-state index < -0.39 is 0 Å². The van der Waals surface area contributed by atoms with Crippen molar-refractivity contribution in [2.24, 2.45) is 0 Å². The number of amides is 2. The van der Waals surface area contributed by atoms with E-state index >= 15 is 0 Å². The molecule has 1 aliphatic rings. The number of nitrogens with one attached hydrogen (secondary N) is 2. The van der Waals surface area contributed by atoms with Crippen LogP contribution in [0.25, 0.3) is 0 Å². The Morgan fingerprint density at radius 2 is 2.00 bits per heavy atom. The van der Waals surface area contributed by atoms with Crippen LogP contribution in [0.5, 0.6) is 0 Å². The van der Waals surface area contributed by atoms with E-state index in [1.807, 2.05) is 6.07 Å². The quantitative estimate of drug-likeness (QED) is 0.757. The summed E-state index contributed by atoms with van der Waals surface area (Å²) in [5, 5.41) is 5.90. The zero-order chi connectivity index (χ0) is 15.1. The molecular formula is C17H24N2O2. The molecule has 0 spiro atoms. The van der Waals surface area contributed by atoms with E-state index in [-0.39, 0.29) is 17.9 Å². The first-order chi connectivity index (χ1) is 10.2. The third-order valence-electron chi connectivity index (χ3n) is 3.92. The van der Waals surface area contributed by atoms with Crippen molar-refractivity contribution >= 4 is 11.8 Å². The zero-order valence-corrected chi connectivity index (χ0v) is 12.7. The maximum absolute atomic E-state index is 12.0. The molecule has 0 heterocycles. The average molecular weight is 288 g/mol. The molecule has 1 aromatic carbocycles. The van der Waals surface area contributed by atoms with Gasteiger partial charge >= 0.3 is 0 Å². The molecule has 1 atom stereocenters. The number of fused-ring (bicyclic) bond motifs is 1. The van der Waals surface area contributed by atoms with Gasteiger partial charge in [-0.25, -0.2) is 0 Å². The van der Waals surface area contributed by atoms with Gasteiger partial charge in [-0.2, -0.15) is 0 Å². The number of hydrogen-bond acceptors (Lipinski definition) is 2. The minimum absolute atomic E-state index is 0.00708. The van der Waals surface area contributed by atoms with Gasteiger partial charge in [0.05, 0.1) is 6.04 Å². The minimum atomic E-state index is 0.00708. The van der Waals surface area contributed by atoms with Crippen LogP contribution in [0.3, 0.4) is 0 Å². The Morgan fingerprint density at radius 3 is 2.81 bits per heavy atom. The van der Waals surface area contributed by atoms with E-state index in [0.29, 0.717) is 13.0 Å². The van der Waals surface area contributed by atoms with Gasteiger partial charge in [0.2, 0.25) is 11.8 Å². The van der Waals surface area contributed by atoms with Gasteiger partial charge < -0.3 is 10.6 Å². The van der Waals surface area contributed by atoms with Crippen molar-refractivity contribution in [1.29, 1.82) is 0 Å². The summed E-state index contributed by atoms with van der Waals surface area (Å²) in [5.74, 6) is 0.142. The lowest BCUT2D eigenvalue weighted by atomic mass is 10.1. The van der Waals surface area contributed by atoms with E-state index in [2.05, 4.69) is 28.8 Å². The summed E-state index contributed by atoms with van der Waals surface area (Å²) in [6, 6.07) is 8.53. The number of carbonyl (C=O) groups is 2. The van der Waals surface area contributed by atoms with Gasteiger partial charge in [0.25, 0.3) is 0 Å². The normalized spacial score (nSPS) is 16.3. The molecule has 0 saturated carbocycles. The summed E-state index contributed by atoms with van der Waals surface area (Å²) in [4.78, 5) is 22.7. The van der Waals surface area contributed by atoms with E-state index in [4.69, 9.17) is 0 Å². The summed E-state index contributed by atoms with van der Waals surface area (Å²) in [7, 11) is 0. The highest BCUT2D eigenvalue weighted by molar-refractivity contribution is 5.76. The Kier molecular flexibility index (Phi) is 5.78. The molecule has 1 aromatic rings. The van der Waals surface area contributed by atoms with Gasteiger partial charge in [-0.15, -0.1) is 0 Å². The molecule has 21 heavy (non-hydrogen) atoms. The lowest BCUT2D eigenvalue weighted by Gasteiger charge is -2.14. The fraction of sp³-hybridized carbons (Fsp3) is 0.529. The molecule has 0 radical (unpaired) electrons. The molecule has 1 aliphatic carbocycles. The van der Waals surface area contributed by atoms with Crippen molar-refractivity contribution in [3.8, 4) is 0 Å². The van der Waals surface area contributed by atoms with Gasteiger partial charge in [0, 0.05) is 19.9 Å². The first kappa shape index (κ1) is 15.5. The fourth-order valence-corrected chi connectivity index (χ4v) is 2.83. The Labute approximate surface area is 126 Å². The van der Waals surface area contributed by atoms with Gasteiger partial charge in [-0.1, -0.05) is 30.7 Å². The second-order valence-electron chi connectivity index (χ2n) is 5.65. The predicted octanol–water partition coefficient (Wildman–Crippen LogP) is 2.49. The predicted molar refractivity (Wildman–Crippen MR) is 82.8 cm³/mol. The number of rotatable bonds is 7. The molecule has 114 valence electrons. The van der Waals surface area contributed by atoms with Crippen molar-refractivity contribution in [2.75, 3.05) is 6.54 Å². The van der Waals surface area contributed by atoms with Crippen LogP contribution in [-0.4, -0.2) is 18.4 Å². The maximum Gasteiger partial charge on any atom is 0.220 e. The molecule has 0 fully saturated rings. The highest BCUT2D eigenvalue weighted by Gasteiger charge is 2.22. The number of unbranched alkanes of at least 4 members (excludes halogenated alkanes) is 2. The largest absolute Gasteiger partial charge is 0.356 e. The topological polar surface area (TPSA) is 58.2 Å². The van der Waals surface area contributed by atoms with Crippen LogP contribution < -0.4 is 10.6 Å². The molecule has 0 aromatic heterocycles. The molecule has 0 aliphatic heterocycles. The maximum atomic E-state index is 12.0. The Hall–Kier alpha value is -1.84. The highest BCUT2D eigenvalue weighted by atomic mass is 16.2. The summed E-state index contributed by atoms with van der Waals surface area (Å²) < 4.78 is 0. The van der Waals surface area contributed by atoms with Crippen molar-refractivity contribution in [3.63, 3.8) is 0 Å². The molecule has 4 heteroatoms. The summed E-state index contributed by atoms with van der Waals surface area (Å²) in [5.41, 5.74) is 2.63. The van der Waals surface area contributed by atoms with Crippen LogP contribution in [0, 0.1) is 0 Å². The smallest absolute Gasteiger partial charge is 0.220 e. The van der Waals surface area contributed by atoms with Crippen molar-refractivity contribution in [3.05, 3.63) is 35.4 Å². The van der Waals surface area contributed by atoms with Gasteiger partial charge in [0.15, 0.2) is 0 Å². The Bertz CT molecular complexity index is 499. The van der Waals surface area contributed by atoms with Crippen molar-refractivity contribution < 1.29 is 9.59 Å². The van der Waals surface area contributed by atoms with Crippen molar-refractivity contribution in [1.82, 2.24) is 10.6 Å². The van der Waals surface area contributed by atoms with E-state index in [1.165, 1.54) is 18.1 Å². The zero-order valence-electron chi connectivity index (χ0n) is 12.7. The fourth-order valence-electron chi connectivity index (χ4n) is 2.83. The lowest BCUT2D eigenvalue weighted by molar-refractivity contribution is -0.122. The van der Waals surface area contributed by atoms with Crippen LogP contribution in [0.15, 0.2) is 24.3 Å². The second-order valence-corrected chi connectivity index (χ2v) is 5.65. The first-order valence-electron chi connectivity index (χ1n) is 7.78. The number of benzene rings is 1. The minimum Gasteiger partial charge on any atom is -0.356 e. The Morgan fingerprint density at radius 1 is 1.19 bits per heavy atom. The monoisotopic (exact) mass is 288 g/mol. The molecule has 1 unspecified atom stereocenters. The van der Waals surface area contributed by atoms with Crippen LogP contribution in [0.4, 0.5) is 0 Å². The molecular weight excluding hydrogens is 264 g/mol. The SMILES string of the molecule is CC(=O)NCCCCCC(=O)NC1CCc2ccccc21. The third kappa shape index (κ3) is 4.88. The third-order valence-corrected chi connectivity index (χ3v) is 3.92. The standard InChI is InChI=1S/C17H24N2O2/c1-13(20)18-12-6-2-3-9-17(21)19-16-11-10-14-7-4-5-8-15(14)16/h4-5,7-8,16H,2-3,6,9-12H2,1H3,(H,18,20)(H,19,21). The van der Waals surface area contributed by atoms with Crippen molar-refractivity contribution in [2.45, 2.75) is 51.5 Å². The number of carbonyl (C=O) groups excluding carboxylic acids is 2. The van der Waals surface area contributed by atoms with E-state index in [9.17, 15) is 9.59 Å². The number of aryl methyl sites for hydroxylation is 1. The number of hydrogen-bond donors (Lipinski definition) is 2. The summed E-state index contributed by atoms with van der Waals surface area (Å²) in [6.45, 7) is 2.22. The Balaban J connectivity index is 1.63. The molecule has 4 nitrogen and oxygen atoms in total. The highest BCUT2D eigenvalue weighted by Crippen LogP contribution is 2.30. The lowest BCUT2D eigenvalue weighted by Crippen LogP contribution is -2.26. The van der Waals surface area contributed by atoms with E-state index in [0.717, 1.165) is 32.1 Å². The molecule has 0 bridgehead atoms. The average Bonchev–Trinajstić information content (AvgIpc) is 2.86. The molecule has 0 saturated heterocycles. The van der Waals surface area contributed by atoms with Gasteiger partial charge in [0.1, 0.15) is 0 Å². The van der Waals surface area contributed by atoms with Gasteiger partial charge in [-0.05, 0) is 36.8 Å². The van der Waals surface area contributed by atoms with Crippen LogP contribution >= 0.6 is 0 Å². The summed E-state index contributed by atoms with van der Waals surface area (Å²) in [6.07, 6.45) is 5.40. The molecule has 2 N–H and O–H groups in total.